The Morgan fingerprint density at radius 3 is 3.05 bits per heavy atom. The Morgan fingerprint density at radius 2 is 2.24 bits per heavy atom. The first-order valence-electron chi connectivity index (χ1n) is 8.27. The van der Waals surface area contributed by atoms with Crippen molar-refractivity contribution < 1.29 is 0 Å². The van der Waals surface area contributed by atoms with Gasteiger partial charge in [-0.25, -0.2) is 0 Å². The summed E-state index contributed by atoms with van der Waals surface area (Å²) >= 11 is 1.88. The molecule has 1 aromatic carbocycles. The van der Waals surface area contributed by atoms with Crippen LogP contribution in [-0.4, -0.2) is 30.6 Å². The molecule has 1 aliphatic rings. The minimum absolute atomic E-state index is 0.701. The molecule has 1 saturated heterocycles. The van der Waals surface area contributed by atoms with E-state index in [0.717, 1.165) is 6.54 Å². The first-order valence-corrected chi connectivity index (χ1v) is 9.15. The molecule has 0 radical (unpaired) electrons. The molecule has 114 valence electrons. The highest BCUT2D eigenvalue weighted by Crippen LogP contribution is 2.27. The van der Waals surface area contributed by atoms with Crippen LogP contribution in [0.15, 0.2) is 29.6 Å². The van der Waals surface area contributed by atoms with Crippen molar-refractivity contribution in [3.05, 3.63) is 35.2 Å². The van der Waals surface area contributed by atoms with E-state index < -0.39 is 0 Å². The van der Waals surface area contributed by atoms with E-state index in [-0.39, 0.29) is 0 Å². The maximum atomic E-state index is 3.64. The second-order valence-corrected chi connectivity index (χ2v) is 7.05. The SMILES string of the molecule is CCCCN(Cc1csc2ccccc12)CC1CCCN1. The summed E-state index contributed by atoms with van der Waals surface area (Å²) < 4.78 is 1.42. The molecule has 0 bridgehead atoms. The topological polar surface area (TPSA) is 15.3 Å². The molecule has 2 heterocycles. The normalized spacial score (nSPS) is 18.9. The fourth-order valence-corrected chi connectivity index (χ4v) is 4.19. The van der Waals surface area contributed by atoms with E-state index in [9.17, 15) is 0 Å². The number of benzene rings is 1. The molecule has 3 heteroatoms. The van der Waals surface area contributed by atoms with Gasteiger partial charge >= 0.3 is 0 Å². The van der Waals surface area contributed by atoms with Crippen molar-refractivity contribution in [3.63, 3.8) is 0 Å². The monoisotopic (exact) mass is 302 g/mol. The van der Waals surface area contributed by atoms with Gasteiger partial charge in [-0.2, -0.15) is 0 Å². The highest BCUT2D eigenvalue weighted by molar-refractivity contribution is 7.17. The van der Waals surface area contributed by atoms with Crippen molar-refractivity contribution >= 4 is 21.4 Å². The highest BCUT2D eigenvalue weighted by atomic mass is 32.1. The van der Waals surface area contributed by atoms with Crippen molar-refractivity contribution in [1.29, 1.82) is 0 Å². The number of nitrogens with zero attached hydrogens (tertiary/aromatic N) is 1. The Balaban J connectivity index is 1.70. The van der Waals surface area contributed by atoms with Gasteiger partial charge < -0.3 is 5.32 Å². The van der Waals surface area contributed by atoms with Gasteiger partial charge in [0.15, 0.2) is 0 Å². The van der Waals surface area contributed by atoms with E-state index in [1.54, 1.807) is 0 Å². The summed E-state index contributed by atoms with van der Waals surface area (Å²) in [7, 11) is 0. The van der Waals surface area contributed by atoms with Crippen molar-refractivity contribution in [2.45, 2.75) is 45.2 Å². The molecule has 2 aromatic rings. The average molecular weight is 302 g/mol. The molecule has 1 fully saturated rings. The first-order chi connectivity index (χ1) is 10.4. The Kier molecular flexibility index (Phi) is 5.28. The standard InChI is InChI=1S/C18H26N2S/c1-2-3-11-20(13-16-7-6-10-19-16)12-15-14-21-18-9-5-4-8-17(15)18/h4-5,8-9,14,16,19H,2-3,6-7,10-13H2,1H3. The third-order valence-electron chi connectivity index (χ3n) is 4.42. The van der Waals surface area contributed by atoms with Crippen LogP contribution >= 0.6 is 11.3 Å². The summed E-state index contributed by atoms with van der Waals surface area (Å²) in [6.45, 7) is 7.00. The number of fused-ring (bicyclic) bond motifs is 1. The fourth-order valence-electron chi connectivity index (χ4n) is 3.24. The predicted octanol–water partition coefficient (Wildman–Crippen LogP) is 4.26. The van der Waals surface area contributed by atoms with E-state index in [0.29, 0.717) is 6.04 Å². The molecule has 21 heavy (non-hydrogen) atoms. The Labute approximate surface area is 132 Å². The molecule has 1 aromatic heterocycles. The molecular formula is C18H26N2S. The van der Waals surface area contributed by atoms with Gasteiger partial charge in [-0.15, -0.1) is 11.3 Å². The molecule has 1 unspecified atom stereocenters. The number of unbranched alkanes of at least 4 members (excludes halogenated alkanes) is 1. The van der Waals surface area contributed by atoms with Crippen molar-refractivity contribution in [2.75, 3.05) is 19.6 Å². The van der Waals surface area contributed by atoms with E-state index in [2.05, 4.69) is 46.8 Å². The van der Waals surface area contributed by atoms with Crippen molar-refractivity contribution in [1.82, 2.24) is 10.2 Å². The molecule has 1 N–H and O–H groups in total. The maximum Gasteiger partial charge on any atom is 0.0346 e. The van der Waals surface area contributed by atoms with Crippen LogP contribution in [0.3, 0.4) is 0 Å². The van der Waals surface area contributed by atoms with Crippen LogP contribution in [0.4, 0.5) is 0 Å². The molecule has 1 aliphatic heterocycles. The van der Waals surface area contributed by atoms with Crippen LogP contribution in [0, 0.1) is 0 Å². The number of hydrogen-bond acceptors (Lipinski definition) is 3. The number of thiophene rings is 1. The lowest BCUT2D eigenvalue weighted by atomic mass is 10.1. The first kappa shape index (κ1) is 15.0. The summed E-state index contributed by atoms with van der Waals surface area (Å²) in [5.41, 5.74) is 1.50. The quantitative estimate of drug-likeness (QED) is 0.822. The van der Waals surface area contributed by atoms with Gasteiger partial charge in [-0.1, -0.05) is 31.5 Å². The Morgan fingerprint density at radius 1 is 1.33 bits per heavy atom. The molecule has 3 rings (SSSR count). The average Bonchev–Trinajstić information content (AvgIpc) is 3.15. The van der Waals surface area contributed by atoms with Crippen LogP contribution in [0.5, 0.6) is 0 Å². The molecule has 1 atom stereocenters. The molecule has 0 spiro atoms. The minimum atomic E-state index is 0.701. The second kappa shape index (κ2) is 7.39. The van der Waals surface area contributed by atoms with E-state index >= 15 is 0 Å². The number of hydrogen-bond donors (Lipinski definition) is 1. The van der Waals surface area contributed by atoms with Crippen molar-refractivity contribution in [3.8, 4) is 0 Å². The van der Waals surface area contributed by atoms with Crippen LogP contribution in [0.1, 0.15) is 38.2 Å². The predicted molar refractivity (Wildman–Crippen MR) is 93.0 cm³/mol. The van der Waals surface area contributed by atoms with Gasteiger partial charge in [0.2, 0.25) is 0 Å². The number of nitrogens with one attached hydrogen (secondary N) is 1. The maximum absolute atomic E-state index is 3.64. The fraction of sp³-hybridized carbons (Fsp3) is 0.556. The smallest absolute Gasteiger partial charge is 0.0346 e. The van der Waals surface area contributed by atoms with Crippen LogP contribution in [-0.2, 0) is 6.54 Å². The molecular weight excluding hydrogens is 276 g/mol. The van der Waals surface area contributed by atoms with Gasteiger partial charge in [0.05, 0.1) is 0 Å². The minimum Gasteiger partial charge on any atom is -0.313 e. The molecule has 0 saturated carbocycles. The molecule has 2 nitrogen and oxygen atoms in total. The zero-order chi connectivity index (χ0) is 14.5. The Bertz CT molecular complexity index is 557. The summed E-state index contributed by atoms with van der Waals surface area (Å²) in [5.74, 6) is 0. The Hall–Kier alpha value is -0.900. The van der Waals surface area contributed by atoms with E-state index in [1.165, 1.54) is 61.0 Å². The summed E-state index contributed by atoms with van der Waals surface area (Å²) in [5, 5.41) is 7.44. The summed E-state index contributed by atoms with van der Waals surface area (Å²) in [6.07, 6.45) is 5.26. The zero-order valence-corrected chi connectivity index (χ0v) is 13.8. The number of rotatable bonds is 7. The van der Waals surface area contributed by atoms with Crippen LogP contribution in [0.25, 0.3) is 10.1 Å². The molecule has 0 amide bonds. The van der Waals surface area contributed by atoms with Gasteiger partial charge in [-0.05, 0) is 54.7 Å². The van der Waals surface area contributed by atoms with Gasteiger partial charge in [0.25, 0.3) is 0 Å². The van der Waals surface area contributed by atoms with Crippen LogP contribution < -0.4 is 5.32 Å². The third kappa shape index (κ3) is 3.85. The molecule has 0 aliphatic carbocycles. The van der Waals surface area contributed by atoms with E-state index in [1.807, 2.05) is 11.3 Å². The lowest BCUT2D eigenvalue weighted by Crippen LogP contribution is -2.37. The van der Waals surface area contributed by atoms with Crippen molar-refractivity contribution in [2.24, 2.45) is 0 Å². The van der Waals surface area contributed by atoms with Gasteiger partial charge in [0.1, 0.15) is 0 Å². The largest absolute Gasteiger partial charge is 0.313 e. The second-order valence-electron chi connectivity index (χ2n) is 6.14. The van der Waals surface area contributed by atoms with E-state index in [4.69, 9.17) is 0 Å². The lowest BCUT2D eigenvalue weighted by molar-refractivity contribution is 0.238. The van der Waals surface area contributed by atoms with Gasteiger partial charge in [0, 0.05) is 23.8 Å². The summed E-state index contributed by atoms with van der Waals surface area (Å²) in [6, 6.07) is 9.51. The van der Waals surface area contributed by atoms with Crippen LogP contribution in [0.2, 0.25) is 0 Å². The highest BCUT2D eigenvalue weighted by Gasteiger charge is 2.18. The van der Waals surface area contributed by atoms with Gasteiger partial charge in [-0.3, -0.25) is 4.90 Å². The lowest BCUT2D eigenvalue weighted by Gasteiger charge is -2.25. The summed E-state index contributed by atoms with van der Waals surface area (Å²) in [4.78, 5) is 2.65. The third-order valence-corrected chi connectivity index (χ3v) is 5.44. The zero-order valence-electron chi connectivity index (χ0n) is 13.0.